The molecule has 0 amide bonds. The topological polar surface area (TPSA) is 8.17 Å². The number of hydrogen-bond donors (Lipinski definition) is 0. The van der Waals surface area contributed by atoms with E-state index in [1.807, 2.05) is 0 Å². The second kappa shape index (κ2) is 6.05. The number of nitrogens with zero attached hydrogens (tertiary/aromatic N) is 2. The molecule has 1 saturated carbocycles. The molecule has 1 aromatic heterocycles. The molecule has 2 nitrogen and oxygen atoms in total. The van der Waals surface area contributed by atoms with Gasteiger partial charge in [-0.15, -0.1) is 0 Å². The fourth-order valence-corrected chi connectivity index (χ4v) is 4.80. The van der Waals surface area contributed by atoms with Gasteiger partial charge in [-0.05, 0) is 53.8 Å². The molecule has 0 N–H and O–H groups in total. The van der Waals surface area contributed by atoms with Crippen LogP contribution in [-0.2, 0) is 20.0 Å². The molecule has 2 aromatic carbocycles. The first-order valence-electron chi connectivity index (χ1n) is 9.83. The van der Waals surface area contributed by atoms with Gasteiger partial charge in [-0.2, -0.15) is 0 Å². The molecule has 0 spiro atoms. The Morgan fingerprint density at radius 2 is 1.88 bits per heavy atom. The summed E-state index contributed by atoms with van der Waals surface area (Å²) in [4.78, 5) is 2.36. The molecule has 132 valence electrons. The van der Waals surface area contributed by atoms with E-state index in [0.29, 0.717) is 0 Å². The molecule has 26 heavy (non-hydrogen) atoms. The molecule has 1 aliphatic carbocycles. The summed E-state index contributed by atoms with van der Waals surface area (Å²) in [5, 5.41) is 1.29. The van der Waals surface area contributed by atoms with Crippen molar-refractivity contribution in [3.05, 3.63) is 71.9 Å². The maximum atomic E-state index is 4.43. The maximum Gasteiger partial charge on any atom is 0.0488 e. The van der Waals surface area contributed by atoms with Crippen molar-refractivity contribution >= 4 is 22.3 Å². The van der Waals surface area contributed by atoms with Gasteiger partial charge >= 0.3 is 0 Å². The molecule has 5 rings (SSSR count). The van der Waals surface area contributed by atoms with Crippen molar-refractivity contribution in [3.8, 4) is 0 Å². The predicted molar refractivity (Wildman–Crippen MR) is 110 cm³/mol. The van der Waals surface area contributed by atoms with Crippen LogP contribution in [0.25, 0.3) is 16.6 Å². The summed E-state index contributed by atoms with van der Waals surface area (Å²) in [7, 11) is 2.10. The molecule has 2 aliphatic rings. The molecule has 0 radical (unpaired) electrons. The Labute approximate surface area is 155 Å². The van der Waals surface area contributed by atoms with Crippen LogP contribution < -0.4 is 4.90 Å². The van der Waals surface area contributed by atoms with Gasteiger partial charge in [0.1, 0.15) is 0 Å². The normalized spacial score (nSPS) is 17.4. The van der Waals surface area contributed by atoms with Crippen molar-refractivity contribution < 1.29 is 0 Å². The number of anilines is 1. The fraction of sp³-hybridized carbons (Fsp3) is 0.333. The zero-order valence-corrected chi connectivity index (χ0v) is 15.5. The van der Waals surface area contributed by atoms with Gasteiger partial charge < -0.3 is 9.47 Å². The first-order valence-corrected chi connectivity index (χ1v) is 9.83. The lowest BCUT2D eigenvalue weighted by molar-refractivity contribution is 0.546. The highest BCUT2D eigenvalue weighted by atomic mass is 15.2. The van der Waals surface area contributed by atoms with Gasteiger partial charge in [-0.3, -0.25) is 0 Å². The maximum absolute atomic E-state index is 4.43. The lowest BCUT2D eigenvalue weighted by atomic mass is 9.95. The summed E-state index contributed by atoms with van der Waals surface area (Å²) in [6, 6.07) is 16.0. The molecule has 0 bridgehead atoms. The first kappa shape index (κ1) is 15.7. The number of fused-ring (bicyclic) bond motifs is 2. The van der Waals surface area contributed by atoms with Gasteiger partial charge in [-0.25, -0.2) is 0 Å². The molecule has 1 aliphatic heterocycles. The van der Waals surface area contributed by atoms with E-state index in [2.05, 4.69) is 71.8 Å². The highest BCUT2D eigenvalue weighted by molar-refractivity contribution is 5.89. The van der Waals surface area contributed by atoms with Gasteiger partial charge in [-0.1, -0.05) is 44.4 Å². The Morgan fingerprint density at radius 1 is 1.04 bits per heavy atom. The fourth-order valence-electron chi connectivity index (χ4n) is 4.80. The molecule has 0 atom stereocenters. The third-order valence-electron chi connectivity index (χ3n) is 6.32. The molecular weight excluding hydrogens is 316 g/mol. The van der Waals surface area contributed by atoms with Crippen molar-refractivity contribution in [2.75, 3.05) is 4.90 Å². The summed E-state index contributed by atoms with van der Waals surface area (Å²) in [6.45, 7) is 5.36. The van der Waals surface area contributed by atoms with Gasteiger partial charge in [0.15, 0.2) is 0 Å². The van der Waals surface area contributed by atoms with E-state index >= 15 is 0 Å². The van der Waals surface area contributed by atoms with Crippen LogP contribution in [0.1, 0.15) is 42.4 Å². The molecule has 0 saturated heterocycles. The van der Waals surface area contributed by atoms with E-state index in [4.69, 9.17) is 0 Å². The Kier molecular flexibility index (Phi) is 3.66. The minimum Gasteiger partial charge on any atom is -0.351 e. The van der Waals surface area contributed by atoms with Crippen molar-refractivity contribution in [2.45, 2.75) is 38.6 Å². The smallest absolute Gasteiger partial charge is 0.0488 e. The summed E-state index contributed by atoms with van der Waals surface area (Å²) >= 11 is 0. The van der Waals surface area contributed by atoms with E-state index in [-0.39, 0.29) is 0 Å². The minimum absolute atomic E-state index is 0.888. The highest BCUT2D eigenvalue weighted by Gasteiger charge is 2.25. The summed E-state index contributed by atoms with van der Waals surface area (Å²) in [6.07, 6.45) is 8.99. The standard InChI is InChI=1S/C24H26N2/c1-17-23-14-19(13-18-5-3-4-6-18)7-8-21(23)16-26(17)22-9-10-24-20(15-22)11-12-25(24)2/h7-12,14-15,18H,1,3-6,13,16H2,2H3. The third-order valence-corrected chi connectivity index (χ3v) is 6.32. The van der Waals surface area contributed by atoms with Crippen molar-refractivity contribution in [2.24, 2.45) is 13.0 Å². The first-order chi connectivity index (χ1) is 12.7. The molecule has 0 unspecified atom stereocenters. The summed E-state index contributed by atoms with van der Waals surface area (Å²) in [5.41, 5.74) is 7.88. The van der Waals surface area contributed by atoms with Crippen molar-refractivity contribution in [3.63, 3.8) is 0 Å². The lowest BCUT2D eigenvalue weighted by Crippen LogP contribution is -2.12. The Hall–Kier alpha value is -2.48. The monoisotopic (exact) mass is 342 g/mol. The second-order valence-electron chi connectivity index (χ2n) is 8.05. The van der Waals surface area contributed by atoms with Gasteiger partial charge in [0.25, 0.3) is 0 Å². The summed E-state index contributed by atoms with van der Waals surface area (Å²) < 4.78 is 2.17. The Balaban J connectivity index is 1.43. The van der Waals surface area contributed by atoms with E-state index < -0.39 is 0 Å². The van der Waals surface area contributed by atoms with E-state index in [0.717, 1.165) is 18.2 Å². The van der Waals surface area contributed by atoms with Crippen LogP contribution in [-0.4, -0.2) is 4.57 Å². The van der Waals surface area contributed by atoms with Crippen LogP contribution in [0.5, 0.6) is 0 Å². The number of aromatic nitrogens is 1. The SMILES string of the molecule is C=C1c2cc(CC3CCCC3)ccc2CN1c1ccc2c(ccn2C)c1. The average Bonchev–Trinajstić information content (AvgIpc) is 3.36. The van der Waals surface area contributed by atoms with E-state index in [9.17, 15) is 0 Å². The predicted octanol–water partition coefficient (Wildman–Crippen LogP) is 5.90. The Morgan fingerprint density at radius 3 is 2.73 bits per heavy atom. The second-order valence-corrected chi connectivity index (χ2v) is 8.05. The quantitative estimate of drug-likeness (QED) is 0.575. The lowest BCUT2D eigenvalue weighted by Gasteiger charge is -2.20. The molecule has 3 aromatic rings. The van der Waals surface area contributed by atoms with Crippen molar-refractivity contribution in [1.29, 1.82) is 0 Å². The molecular formula is C24H26N2. The largest absolute Gasteiger partial charge is 0.351 e. The van der Waals surface area contributed by atoms with Crippen LogP contribution in [0.2, 0.25) is 0 Å². The Bertz CT molecular complexity index is 989. The minimum atomic E-state index is 0.888. The van der Waals surface area contributed by atoms with Crippen LogP contribution in [0.15, 0.2) is 55.2 Å². The average molecular weight is 342 g/mol. The van der Waals surface area contributed by atoms with Gasteiger partial charge in [0.05, 0.1) is 0 Å². The highest BCUT2D eigenvalue weighted by Crippen LogP contribution is 2.38. The van der Waals surface area contributed by atoms with E-state index in [1.165, 1.54) is 65.4 Å². The van der Waals surface area contributed by atoms with E-state index in [1.54, 1.807) is 0 Å². The summed E-state index contributed by atoms with van der Waals surface area (Å²) in [5.74, 6) is 0.888. The zero-order valence-electron chi connectivity index (χ0n) is 15.5. The zero-order chi connectivity index (χ0) is 17.7. The number of rotatable bonds is 3. The third kappa shape index (κ3) is 2.56. The number of aryl methyl sites for hydroxylation is 1. The van der Waals surface area contributed by atoms with Crippen LogP contribution >= 0.6 is 0 Å². The van der Waals surface area contributed by atoms with Crippen LogP contribution in [0.3, 0.4) is 0 Å². The molecule has 2 heteroatoms. The van der Waals surface area contributed by atoms with Crippen LogP contribution in [0.4, 0.5) is 5.69 Å². The molecule has 2 heterocycles. The van der Waals surface area contributed by atoms with Crippen molar-refractivity contribution in [1.82, 2.24) is 4.57 Å². The number of hydrogen-bond acceptors (Lipinski definition) is 1. The number of benzene rings is 2. The molecule has 1 fully saturated rings. The van der Waals surface area contributed by atoms with Gasteiger partial charge in [0, 0.05) is 47.6 Å². The van der Waals surface area contributed by atoms with Gasteiger partial charge in [0.2, 0.25) is 0 Å². The van der Waals surface area contributed by atoms with Crippen LogP contribution in [0, 0.1) is 5.92 Å².